The number of hydrogen-bond donors (Lipinski definition) is 1. The number of nitrogens with zero attached hydrogens (tertiary/aromatic N) is 2. The van der Waals surface area contributed by atoms with Crippen molar-refractivity contribution in [3.63, 3.8) is 0 Å². The normalized spacial score (nSPS) is 10.3. The number of aromatic nitrogens is 2. The first-order chi connectivity index (χ1) is 9.22. The van der Waals surface area contributed by atoms with E-state index in [0.29, 0.717) is 0 Å². The van der Waals surface area contributed by atoms with Crippen LogP contribution in [0.1, 0.15) is 12.7 Å². The molecule has 0 saturated heterocycles. The van der Waals surface area contributed by atoms with E-state index in [1.807, 2.05) is 44.2 Å². The summed E-state index contributed by atoms with van der Waals surface area (Å²) in [5.74, 6) is 2.47. The maximum atomic E-state index is 5.35. The van der Waals surface area contributed by atoms with Crippen molar-refractivity contribution in [3.8, 4) is 5.75 Å². The van der Waals surface area contributed by atoms with E-state index < -0.39 is 0 Å². The molecular formula is C14H17N3OS. The van der Waals surface area contributed by atoms with E-state index in [2.05, 4.69) is 15.3 Å². The van der Waals surface area contributed by atoms with Gasteiger partial charge in [0.25, 0.3) is 0 Å². The van der Waals surface area contributed by atoms with Crippen LogP contribution in [0.3, 0.4) is 0 Å². The third-order valence-electron chi connectivity index (χ3n) is 2.46. The molecule has 0 fully saturated rings. The van der Waals surface area contributed by atoms with Crippen molar-refractivity contribution in [3.05, 3.63) is 36.2 Å². The van der Waals surface area contributed by atoms with E-state index in [9.17, 15) is 0 Å². The fourth-order valence-corrected chi connectivity index (χ4v) is 2.65. The molecule has 0 bridgehead atoms. The van der Waals surface area contributed by atoms with Crippen LogP contribution in [0.5, 0.6) is 5.75 Å². The number of para-hydroxylation sites is 1. The summed E-state index contributed by atoms with van der Waals surface area (Å²) in [7, 11) is 1.68. The quantitative estimate of drug-likeness (QED) is 0.848. The summed E-state index contributed by atoms with van der Waals surface area (Å²) in [6.07, 6.45) is 0. The minimum Gasteiger partial charge on any atom is -0.496 e. The molecule has 1 heterocycles. The standard InChI is InChI=1S/C14H17N3OS/c1-4-15-13-9-14(17-10(2)16-13)19-12-8-6-5-7-11(12)18-3/h5-9H,4H2,1-3H3,(H,15,16,17). The van der Waals surface area contributed by atoms with Gasteiger partial charge in [-0.25, -0.2) is 9.97 Å². The van der Waals surface area contributed by atoms with Crippen molar-refractivity contribution in [1.29, 1.82) is 0 Å². The molecule has 4 nitrogen and oxygen atoms in total. The summed E-state index contributed by atoms with van der Waals surface area (Å²) in [4.78, 5) is 9.83. The average Bonchev–Trinajstić information content (AvgIpc) is 2.39. The first-order valence-electron chi connectivity index (χ1n) is 6.13. The van der Waals surface area contributed by atoms with Crippen molar-refractivity contribution in [2.45, 2.75) is 23.8 Å². The summed E-state index contributed by atoms with van der Waals surface area (Å²) in [5, 5.41) is 4.12. The van der Waals surface area contributed by atoms with Crippen molar-refractivity contribution < 1.29 is 4.74 Å². The molecule has 100 valence electrons. The zero-order valence-corrected chi connectivity index (χ0v) is 12.1. The number of methoxy groups -OCH3 is 1. The molecule has 0 atom stereocenters. The first-order valence-corrected chi connectivity index (χ1v) is 6.95. The Kier molecular flexibility index (Phi) is 4.63. The van der Waals surface area contributed by atoms with Gasteiger partial charge in [0.15, 0.2) is 0 Å². The lowest BCUT2D eigenvalue weighted by molar-refractivity contribution is 0.405. The monoisotopic (exact) mass is 275 g/mol. The molecule has 0 aliphatic rings. The highest BCUT2D eigenvalue weighted by Gasteiger charge is 2.07. The molecule has 1 N–H and O–H groups in total. The van der Waals surface area contributed by atoms with Crippen molar-refractivity contribution >= 4 is 17.6 Å². The summed E-state index contributed by atoms with van der Waals surface area (Å²) >= 11 is 1.58. The number of benzene rings is 1. The second-order valence-corrected chi connectivity index (χ2v) is 4.98. The maximum Gasteiger partial charge on any atom is 0.132 e. The van der Waals surface area contributed by atoms with Crippen molar-refractivity contribution in [1.82, 2.24) is 9.97 Å². The second-order valence-electron chi connectivity index (χ2n) is 3.92. The molecule has 0 aliphatic heterocycles. The lowest BCUT2D eigenvalue weighted by Crippen LogP contribution is -2.02. The van der Waals surface area contributed by atoms with Crippen LogP contribution in [0.2, 0.25) is 0 Å². The highest BCUT2D eigenvalue weighted by Crippen LogP contribution is 2.34. The van der Waals surface area contributed by atoms with Gasteiger partial charge in [-0.3, -0.25) is 0 Å². The van der Waals surface area contributed by atoms with Crippen LogP contribution in [-0.2, 0) is 0 Å². The van der Waals surface area contributed by atoms with Gasteiger partial charge >= 0.3 is 0 Å². The summed E-state index contributed by atoms with van der Waals surface area (Å²) < 4.78 is 5.35. The molecule has 0 radical (unpaired) electrons. The highest BCUT2D eigenvalue weighted by atomic mass is 32.2. The summed E-state index contributed by atoms with van der Waals surface area (Å²) in [5.41, 5.74) is 0. The number of anilines is 1. The SMILES string of the molecule is CCNc1cc(Sc2ccccc2OC)nc(C)n1. The molecule has 1 aromatic carbocycles. The van der Waals surface area contributed by atoms with Gasteiger partial charge in [0.1, 0.15) is 22.4 Å². The third-order valence-corrected chi connectivity index (χ3v) is 3.43. The van der Waals surface area contributed by atoms with Gasteiger partial charge in [0.2, 0.25) is 0 Å². The maximum absolute atomic E-state index is 5.35. The third kappa shape index (κ3) is 3.61. The van der Waals surface area contributed by atoms with Crippen LogP contribution in [-0.4, -0.2) is 23.6 Å². The number of ether oxygens (including phenoxy) is 1. The summed E-state index contributed by atoms with van der Waals surface area (Å²) in [6, 6.07) is 9.87. The minimum atomic E-state index is 0.760. The lowest BCUT2D eigenvalue weighted by Gasteiger charge is -2.09. The van der Waals surface area contributed by atoms with Gasteiger partial charge < -0.3 is 10.1 Å². The predicted octanol–water partition coefficient (Wildman–Crippen LogP) is 3.38. The number of rotatable bonds is 5. The highest BCUT2D eigenvalue weighted by molar-refractivity contribution is 7.99. The Morgan fingerprint density at radius 3 is 2.79 bits per heavy atom. The fourth-order valence-electron chi connectivity index (χ4n) is 1.68. The molecule has 1 aromatic heterocycles. The molecule has 0 aliphatic carbocycles. The van der Waals surface area contributed by atoms with Gasteiger partial charge in [-0.1, -0.05) is 23.9 Å². The van der Waals surface area contributed by atoms with E-state index in [1.165, 1.54) is 0 Å². The van der Waals surface area contributed by atoms with Crippen molar-refractivity contribution in [2.24, 2.45) is 0 Å². The van der Waals surface area contributed by atoms with Crippen LogP contribution in [0.25, 0.3) is 0 Å². The van der Waals surface area contributed by atoms with Gasteiger partial charge in [-0.2, -0.15) is 0 Å². The van der Waals surface area contributed by atoms with E-state index in [4.69, 9.17) is 4.74 Å². The van der Waals surface area contributed by atoms with Crippen molar-refractivity contribution in [2.75, 3.05) is 19.0 Å². The lowest BCUT2D eigenvalue weighted by atomic mass is 10.3. The Bertz CT molecular complexity index is 560. The largest absolute Gasteiger partial charge is 0.496 e. The first kappa shape index (κ1) is 13.7. The second kappa shape index (κ2) is 6.43. The van der Waals surface area contributed by atoms with Crippen LogP contribution in [0.15, 0.2) is 40.3 Å². The van der Waals surface area contributed by atoms with Crippen LogP contribution in [0.4, 0.5) is 5.82 Å². The molecule has 0 spiro atoms. The van der Waals surface area contributed by atoms with E-state index in [-0.39, 0.29) is 0 Å². The molecule has 0 saturated carbocycles. The minimum absolute atomic E-state index is 0.760. The van der Waals surface area contributed by atoms with Gasteiger partial charge in [0.05, 0.1) is 12.0 Å². The van der Waals surface area contributed by atoms with Crippen LogP contribution >= 0.6 is 11.8 Å². The smallest absolute Gasteiger partial charge is 0.132 e. The average molecular weight is 275 g/mol. The topological polar surface area (TPSA) is 47.0 Å². The van der Waals surface area contributed by atoms with E-state index in [0.717, 1.165) is 33.9 Å². The number of aryl methyl sites for hydroxylation is 1. The van der Waals surface area contributed by atoms with Crippen LogP contribution in [0, 0.1) is 6.92 Å². The molecular weight excluding hydrogens is 258 g/mol. The molecule has 19 heavy (non-hydrogen) atoms. The van der Waals surface area contributed by atoms with Gasteiger partial charge in [-0.15, -0.1) is 0 Å². The Balaban J connectivity index is 2.27. The molecule has 0 amide bonds. The molecule has 5 heteroatoms. The molecule has 2 rings (SSSR count). The number of hydrogen-bond acceptors (Lipinski definition) is 5. The van der Waals surface area contributed by atoms with Gasteiger partial charge in [0, 0.05) is 12.6 Å². The zero-order chi connectivity index (χ0) is 13.7. The Hall–Kier alpha value is -1.75. The van der Waals surface area contributed by atoms with Crippen LogP contribution < -0.4 is 10.1 Å². The zero-order valence-electron chi connectivity index (χ0n) is 11.3. The molecule has 0 unspecified atom stereocenters. The molecule has 2 aromatic rings. The summed E-state index contributed by atoms with van der Waals surface area (Å²) in [6.45, 7) is 4.78. The number of nitrogens with one attached hydrogen (secondary N) is 1. The Morgan fingerprint density at radius 2 is 2.05 bits per heavy atom. The van der Waals surface area contributed by atoms with E-state index in [1.54, 1.807) is 18.9 Å². The Morgan fingerprint density at radius 1 is 1.26 bits per heavy atom. The Labute approximate surface area is 117 Å². The van der Waals surface area contributed by atoms with Gasteiger partial charge in [-0.05, 0) is 26.0 Å². The fraction of sp³-hybridized carbons (Fsp3) is 0.286. The predicted molar refractivity (Wildman–Crippen MR) is 78.0 cm³/mol. The van der Waals surface area contributed by atoms with E-state index >= 15 is 0 Å².